The van der Waals surface area contributed by atoms with Crippen LogP contribution in [0, 0.1) is 11.3 Å². The zero-order valence-corrected chi connectivity index (χ0v) is 11.7. The predicted octanol–water partition coefficient (Wildman–Crippen LogP) is 4.94. The first-order chi connectivity index (χ1) is 9.19. The first-order valence-electron chi connectivity index (χ1n) is 6.12. The summed E-state index contributed by atoms with van der Waals surface area (Å²) in [5.41, 5.74) is 4.81. The molecule has 2 aromatic carbocycles. The lowest BCUT2D eigenvalue weighted by molar-refractivity contribution is 0.785. The van der Waals surface area contributed by atoms with Gasteiger partial charge in [0.15, 0.2) is 0 Å². The maximum absolute atomic E-state index is 9.09. The Morgan fingerprint density at radius 2 is 1.53 bits per heavy atom. The highest BCUT2D eigenvalue weighted by Crippen LogP contribution is 2.40. The third-order valence-corrected chi connectivity index (χ3v) is 4.11. The third kappa shape index (κ3) is 2.23. The lowest BCUT2D eigenvalue weighted by atomic mass is 9.77. The Balaban J connectivity index is 2.19. The molecule has 0 unspecified atom stereocenters. The summed E-state index contributed by atoms with van der Waals surface area (Å²) in [6.45, 7) is 0. The molecule has 3 rings (SSSR count). The second-order valence-corrected chi connectivity index (χ2v) is 5.65. The van der Waals surface area contributed by atoms with Gasteiger partial charge in [0, 0.05) is 22.4 Å². The van der Waals surface area contributed by atoms with E-state index in [-0.39, 0.29) is 5.92 Å². The molecule has 0 atom stereocenters. The number of benzene rings is 2. The number of hydrogen-bond donors (Lipinski definition) is 0. The van der Waals surface area contributed by atoms with Gasteiger partial charge in [0.2, 0.25) is 0 Å². The van der Waals surface area contributed by atoms with Crippen molar-refractivity contribution >= 4 is 23.2 Å². The van der Waals surface area contributed by atoms with Gasteiger partial charge in [-0.15, -0.1) is 0 Å². The fraction of sp³-hybridized carbons (Fsp3) is 0.188. The van der Waals surface area contributed by atoms with Crippen LogP contribution in [0.4, 0.5) is 0 Å². The third-order valence-electron chi connectivity index (χ3n) is 3.64. The van der Waals surface area contributed by atoms with Gasteiger partial charge >= 0.3 is 0 Å². The van der Waals surface area contributed by atoms with Crippen molar-refractivity contribution in [2.75, 3.05) is 0 Å². The van der Waals surface area contributed by atoms with E-state index in [4.69, 9.17) is 28.5 Å². The van der Waals surface area contributed by atoms with Crippen molar-refractivity contribution < 1.29 is 0 Å². The quantitative estimate of drug-likeness (QED) is 0.728. The number of hydrogen-bond acceptors (Lipinski definition) is 1. The van der Waals surface area contributed by atoms with E-state index in [0.717, 1.165) is 17.5 Å². The molecule has 0 saturated carbocycles. The molecular formula is C16H11Cl2N. The van der Waals surface area contributed by atoms with Crippen LogP contribution in [-0.4, -0.2) is 0 Å². The summed E-state index contributed by atoms with van der Waals surface area (Å²) in [4.78, 5) is 0. The van der Waals surface area contributed by atoms with E-state index < -0.39 is 0 Å². The molecule has 94 valence electrons. The fourth-order valence-corrected chi connectivity index (χ4v) is 3.15. The zero-order chi connectivity index (χ0) is 13.4. The van der Waals surface area contributed by atoms with E-state index in [1.807, 2.05) is 24.3 Å². The van der Waals surface area contributed by atoms with E-state index in [1.54, 1.807) is 0 Å². The van der Waals surface area contributed by atoms with Crippen LogP contribution in [-0.2, 0) is 6.42 Å². The van der Waals surface area contributed by atoms with Gasteiger partial charge in [-0.25, -0.2) is 0 Å². The van der Waals surface area contributed by atoms with Gasteiger partial charge in [-0.1, -0.05) is 35.3 Å². The van der Waals surface area contributed by atoms with Crippen LogP contribution in [0.2, 0.25) is 10.0 Å². The summed E-state index contributed by atoms with van der Waals surface area (Å²) in [6.07, 6.45) is 1.32. The fourth-order valence-electron chi connectivity index (χ4n) is 2.79. The van der Waals surface area contributed by atoms with Gasteiger partial charge < -0.3 is 0 Å². The molecule has 0 heterocycles. The summed E-state index contributed by atoms with van der Waals surface area (Å²) < 4.78 is 0. The number of fused-ring (bicyclic) bond motifs is 2. The zero-order valence-electron chi connectivity index (χ0n) is 10.2. The van der Waals surface area contributed by atoms with E-state index in [9.17, 15) is 0 Å². The second kappa shape index (κ2) is 4.89. The van der Waals surface area contributed by atoms with Gasteiger partial charge in [-0.2, -0.15) is 5.26 Å². The molecule has 1 aliphatic rings. The topological polar surface area (TPSA) is 23.8 Å². The molecule has 0 spiro atoms. The molecule has 0 saturated heterocycles. The minimum absolute atomic E-state index is 0.0705. The Bertz CT molecular complexity index is 634. The van der Waals surface area contributed by atoms with Crippen LogP contribution in [0.5, 0.6) is 0 Å². The summed E-state index contributed by atoms with van der Waals surface area (Å²) >= 11 is 12.2. The smallest absolute Gasteiger partial charge is 0.0631 e. The van der Waals surface area contributed by atoms with Crippen molar-refractivity contribution in [2.45, 2.75) is 18.8 Å². The molecule has 0 fully saturated rings. The van der Waals surface area contributed by atoms with Crippen LogP contribution in [0.25, 0.3) is 0 Å². The largest absolute Gasteiger partial charge is 0.198 e. The maximum atomic E-state index is 9.09. The molecule has 0 radical (unpaired) electrons. The lowest BCUT2D eigenvalue weighted by Gasteiger charge is -2.27. The highest BCUT2D eigenvalue weighted by Gasteiger charge is 2.25. The van der Waals surface area contributed by atoms with Crippen LogP contribution in [0.3, 0.4) is 0 Å². The molecule has 0 aromatic heterocycles. The molecule has 19 heavy (non-hydrogen) atoms. The molecule has 0 bridgehead atoms. The van der Waals surface area contributed by atoms with E-state index >= 15 is 0 Å². The number of nitriles is 1. The highest BCUT2D eigenvalue weighted by molar-refractivity contribution is 6.31. The highest BCUT2D eigenvalue weighted by atomic mass is 35.5. The van der Waals surface area contributed by atoms with Crippen LogP contribution >= 0.6 is 23.2 Å². The van der Waals surface area contributed by atoms with Crippen molar-refractivity contribution in [3.8, 4) is 6.07 Å². The average Bonchev–Trinajstić information content (AvgIpc) is 2.40. The number of halogens is 2. The molecule has 0 N–H and O–H groups in total. The van der Waals surface area contributed by atoms with Crippen molar-refractivity contribution in [1.82, 2.24) is 0 Å². The SMILES string of the molecule is N#CCC1c2cc(Cl)ccc2Cc2ccc(Cl)cc21. The maximum Gasteiger partial charge on any atom is 0.0631 e. The lowest BCUT2D eigenvalue weighted by Crippen LogP contribution is -2.13. The van der Waals surface area contributed by atoms with Gasteiger partial charge in [-0.3, -0.25) is 0 Å². The van der Waals surface area contributed by atoms with Crippen molar-refractivity contribution in [3.05, 3.63) is 68.7 Å². The Labute approximate surface area is 122 Å². The average molecular weight is 288 g/mol. The van der Waals surface area contributed by atoms with Crippen molar-refractivity contribution in [1.29, 1.82) is 5.26 Å². The van der Waals surface area contributed by atoms with Gasteiger partial charge in [0.05, 0.1) is 6.07 Å². The van der Waals surface area contributed by atoms with Crippen LogP contribution in [0.1, 0.15) is 34.6 Å². The molecular weight excluding hydrogens is 277 g/mol. The predicted molar refractivity (Wildman–Crippen MR) is 77.8 cm³/mol. The Morgan fingerprint density at radius 1 is 1.00 bits per heavy atom. The van der Waals surface area contributed by atoms with E-state index in [1.165, 1.54) is 11.1 Å². The molecule has 1 aliphatic carbocycles. The van der Waals surface area contributed by atoms with Gasteiger partial charge in [0.25, 0.3) is 0 Å². The monoisotopic (exact) mass is 287 g/mol. The number of nitrogens with zero attached hydrogens (tertiary/aromatic N) is 1. The molecule has 3 heteroatoms. The van der Waals surface area contributed by atoms with Crippen molar-refractivity contribution in [3.63, 3.8) is 0 Å². The Kier molecular flexibility index (Phi) is 3.22. The number of rotatable bonds is 1. The van der Waals surface area contributed by atoms with Crippen molar-refractivity contribution in [2.24, 2.45) is 0 Å². The summed E-state index contributed by atoms with van der Waals surface area (Å²) in [6, 6.07) is 14.1. The summed E-state index contributed by atoms with van der Waals surface area (Å²) in [5, 5.41) is 10.5. The first kappa shape index (κ1) is 12.5. The van der Waals surface area contributed by atoms with E-state index in [0.29, 0.717) is 16.5 Å². The Morgan fingerprint density at radius 3 is 2.00 bits per heavy atom. The van der Waals surface area contributed by atoms with Crippen LogP contribution < -0.4 is 0 Å². The minimum Gasteiger partial charge on any atom is -0.198 e. The Hall–Kier alpha value is -1.49. The standard InChI is InChI=1S/C16H11Cl2N/c17-12-3-1-10-7-11-2-4-13(18)9-16(11)14(5-6-19)15(10)8-12/h1-4,8-9,14H,5,7H2. The van der Waals surface area contributed by atoms with Crippen LogP contribution in [0.15, 0.2) is 36.4 Å². The molecule has 2 aromatic rings. The normalized spacial score (nSPS) is 13.5. The van der Waals surface area contributed by atoms with E-state index in [2.05, 4.69) is 18.2 Å². The molecule has 1 nitrogen and oxygen atoms in total. The molecule has 0 aliphatic heterocycles. The molecule has 0 amide bonds. The summed E-state index contributed by atoms with van der Waals surface area (Å²) in [7, 11) is 0. The summed E-state index contributed by atoms with van der Waals surface area (Å²) in [5.74, 6) is 0.0705. The van der Waals surface area contributed by atoms with Gasteiger partial charge in [0.1, 0.15) is 0 Å². The second-order valence-electron chi connectivity index (χ2n) is 4.78. The van der Waals surface area contributed by atoms with Gasteiger partial charge in [-0.05, 0) is 52.9 Å². The first-order valence-corrected chi connectivity index (χ1v) is 6.88. The minimum atomic E-state index is 0.0705.